The van der Waals surface area contributed by atoms with E-state index < -0.39 is 0 Å². The second-order valence-electron chi connectivity index (χ2n) is 7.12. The zero-order valence-corrected chi connectivity index (χ0v) is 16.6. The van der Waals surface area contributed by atoms with Gasteiger partial charge in [0, 0.05) is 11.8 Å². The van der Waals surface area contributed by atoms with Crippen molar-refractivity contribution in [3.05, 3.63) is 90.8 Å². The average Bonchev–Trinajstić information content (AvgIpc) is 3.44. The summed E-state index contributed by atoms with van der Waals surface area (Å²) in [7, 11) is 0. The van der Waals surface area contributed by atoms with E-state index in [0.717, 1.165) is 5.56 Å². The molecule has 0 aliphatic heterocycles. The molecule has 0 atom stereocenters. The number of hydrogen-bond donors (Lipinski definition) is 1. The van der Waals surface area contributed by atoms with Crippen molar-refractivity contribution in [2.75, 3.05) is 5.32 Å². The summed E-state index contributed by atoms with van der Waals surface area (Å²) in [5, 5.41) is 21.8. The van der Waals surface area contributed by atoms with Crippen molar-refractivity contribution in [2.45, 2.75) is 13.1 Å². The molecule has 31 heavy (non-hydrogen) atoms. The topological polar surface area (TPSA) is 90.5 Å². The Morgan fingerprint density at radius 1 is 0.935 bits per heavy atom. The molecule has 0 saturated heterocycles. The van der Waals surface area contributed by atoms with E-state index in [9.17, 15) is 4.79 Å². The molecular formula is C23H19N7O. The summed E-state index contributed by atoms with van der Waals surface area (Å²) in [6, 6.07) is 24.0. The number of anilines is 1. The summed E-state index contributed by atoms with van der Waals surface area (Å²) in [5.74, 6) is 0.234. The number of amides is 1. The van der Waals surface area contributed by atoms with Gasteiger partial charge in [-0.25, -0.2) is 0 Å². The molecule has 2 heterocycles. The third-order valence-corrected chi connectivity index (χ3v) is 4.90. The second kappa shape index (κ2) is 8.19. The number of carbonyl (C=O) groups is 1. The molecular weight excluding hydrogens is 390 g/mol. The lowest BCUT2D eigenvalue weighted by molar-refractivity contribution is -0.117. The highest BCUT2D eigenvalue weighted by atomic mass is 16.2. The van der Waals surface area contributed by atoms with E-state index >= 15 is 0 Å². The standard InChI is InChI=1S/C23H19N7O/c31-22(16-30-27-23(26-28-30)18-8-2-1-3-9-18)25-20-13-24-29(15-20)14-19-11-6-10-17-7-4-5-12-21(17)19/h1-13,15H,14,16H2,(H,25,31). The lowest BCUT2D eigenvalue weighted by Gasteiger charge is -2.06. The molecule has 0 radical (unpaired) electrons. The van der Waals surface area contributed by atoms with Gasteiger partial charge in [0.1, 0.15) is 6.54 Å². The van der Waals surface area contributed by atoms with Gasteiger partial charge < -0.3 is 5.32 Å². The van der Waals surface area contributed by atoms with Crippen LogP contribution in [0.2, 0.25) is 0 Å². The molecule has 0 aliphatic carbocycles. The van der Waals surface area contributed by atoms with Crippen molar-refractivity contribution in [1.82, 2.24) is 30.0 Å². The van der Waals surface area contributed by atoms with E-state index in [2.05, 4.69) is 50.1 Å². The highest BCUT2D eigenvalue weighted by Crippen LogP contribution is 2.20. The van der Waals surface area contributed by atoms with Gasteiger partial charge in [0.05, 0.1) is 18.4 Å². The third kappa shape index (κ3) is 4.18. The van der Waals surface area contributed by atoms with Gasteiger partial charge in [-0.1, -0.05) is 72.8 Å². The minimum absolute atomic E-state index is 0.0334. The van der Waals surface area contributed by atoms with Crippen molar-refractivity contribution >= 4 is 22.4 Å². The normalized spacial score (nSPS) is 11.0. The lowest BCUT2D eigenvalue weighted by atomic mass is 10.0. The van der Waals surface area contributed by atoms with E-state index in [0.29, 0.717) is 18.1 Å². The Balaban J connectivity index is 1.23. The number of fused-ring (bicyclic) bond motifs is 1. The number of benzene rings is 3. The smallest absolute Gasteiger partial charge is 0.248 e. The van der Waals surface area contributed by atoms with Crippen LogP contribution in [0.1, 0.15) is 5.56 Å². The van der Waals surface area contributed by atoms with Crippen molar-refractivity contribution in [2.24, 2.45) is 0 Å². The molecule has 8 heteroatoms. The summed E-state index contributed by atoms with van der Waals surface area (Å²) < 4.78 is 1.80. The summed E-state index contributed by atoms with van der Waals surface area (Å²) in [6.45, 7) is 0.580. The number of nitrogens with zero attached hydrogens (tertiary/aromatic N) is 6. The van der Waals surface area contributed by atoms with Crippen LogP contribution in [0, 0.1) is 0 Å². The minimum Gasteiger partial charge on any atom is -0.322 e. The van der Waals surface area contributed by atoms with Crippen LogP contribution in [0.4, 0.5) is 5.69 Å². The van der Waals surface area contributed by atoms with Crippen LogP contribution < -0.4 is 5.32 Å². The number of aromatic nitrogens is 6. The van der Waals surface area contributed by atoms with Crippen LogP contribution in [0.3, 0.4) is 0 Å². The molecule has 152 valence electrons. The van der Waals surface area contributed by atoms with E-state index in [1.54, 1.807) is 10.9 Å². The summed E-state index contributed by atoms with van der Waals surface area (Å²) in [6.07, 6.45) is 3.44. The van der Waals surface area contributed by atoms with Crippen molar-refractivity contribution in [3.8, 4) is 11.4 Å². The molecule has 8 nitrogen and oxygen atoms in total. The maximum atomic E-state index is 12.4. The zero-order valence-electron chi connectivity index (χ0n) is 16.6. The molecule has 3 aromatic carbocycles. The molecule has 1 N–H and O–H groups in total. The van der Waals surface area contributed by atoms with Crippen LogP contribution >= 0.6 is 0 Å². The number of tetrazole rings is 1. The maximum absolute atomic E-state index is 12.4. The predicted molar refractivity (Wildman–Crippen MR) is 117 cm³/mol. The fraction of sp³-hybridized carbons (Fsp3) is 0.0870. The molecule has 0 saturated carbocycles. The van der Waals surface area contributed by atoms with Crippen LogP contribution in [-0.2, 0) is 17.9 Å². The Labute approximate surface area is 178 Å². The summed E-state index contributed by atoms with van der Waals surface area (Å²) in [4.78, 5) is 13.7. The Kier molecular flexibility index (Phi) is 4.94. The molecule has 2 aromatic heterocycles. The maximum Gasteiger partial charge on any atom is 0.248 e. The SMILES string of the molecule is O=C(Cn1nnc(-c2ccccc2)n1)Nc1cnn(Cc2cccc3ccccc23)c1. The largest absolute Gasteiger partial charge is 0.322 e. The first-order chi connectivity index (χ1) is 15.2. The van der Waals surface area contributed by atoms with E-state index in [4.69, 9.17) is 0 Å². The molecule has 0 aliphatic rings. The van der Waals surface area contributed by atoms with Crippen molar-refractivity contribution < 1.29 is 4.79 Å². The van der Waals surface area contributed by atoms with Crippen LogP contribution in [0.15, 0.2) is 85.2 Å². The van der Waals surface area contributed by atoms with Gasteiger partial charge in [-0.3, -0.25) is 9.48 Å². The number of rotatable bonds is 6. The van der Waals surface area contributed by atoms with Gasteiger partial charge in [0.15, 0.2) is 0 Å². The fourth-order valence-electron chi connectivity index (χ4n) is 3.46. The predicted octanol–water partition coefficient (Wildman–Crippen LogP) is 3.38. The molecule has 5 aromatic rings. The molecule has 0 fully saturated rings. The lowest BCUT2D eigenvalue weighted by Crippen LogP contribution is -2.20. The third-order valence-electron chi connectivity index (χ3n) is 4.90. The van der Waals surface area contributed by atoms with Gasteiger partial charge >= 0.3 is 0 Å². The quantitative estimate of drug-likeness (QED) is 0.464. The van der Waals surface area contributed by atoms with Gasteiger partial charge in [-0.2, -0.15) is 9.90 Å². The highest BCUT2D eigenvalue weighted by Gasteiger charge is 2.11. The molecule has 0 unspecified atom stereocenters. The monoisotopic (exact) mass is 409 g/mol. The van der Waals surface area contributed by atoms with E-state index in [1.165, 1.54) is 21.1 Å². The Morgan fingerprint density at radius 2 is 1.74 bits per heavy atom. The first-order valence-corrected chi connectivity index (χ1v) is 9.87. The van der Waals surface area contributed by atoms with Crippen molar-refractivity contribution in [3.63, 3.8) is 0 Å². The summed E-state index contributed by atoms with van der Waals surface area (Å²) in [5.41, 5.74) is 2.64. The molecule has 0 bridgehead atoms. The Hall–Kier alpha value is -4.33. The Morgan fingerprint density at radius 3 is 2.65 bits per heavy atom. The number of nitrogens with one attached hydrogen (secondary N) is 1. The summed E-state index contributed by atoms with van der Waals surface area (Å²) >= 11 is 0. The number of hydrogen-bond acceptors (Lipinski definition) is 5. The first-order valence-electron chi connectivity index (χ1n) is 9.87. The molecule has 1 amide bonds. The van der Waals surface area contributed by atoms with Gasteiger partial charge in [0.2, 0.25) is 11.7 Å². The minimum atomic E-state index is -0.248. The zero-order chi connectivity index (χ0) is 21.0. The fourth-order valence-corrected chi connectivity index (χ4v) is 3.46. The van der Waals surface area contributed by atoms with Crippen LogP contribution in [0.5, 0.6) is 0 Å². The van der Waals surface area contributed by atoms with Gasteiger partial charge in [-0.15, -0.1) is 10.2 Å². The van der Waals surface area contributed by atoms with Crippen LogP contribution in [-0.4, -0.2) is 35.9 Å². The molecule has 0 spiro atoms. The van der Waals surface area contributed by atoms with Crippen LogP contribution in [0.25, 0.3) is 22.2 Å². The van der Waals surface area contributed by atoms with Gasteiger partial charge in [-0.05, 0) is 21.5 Å². The second-order valence-corrected chi connectivity index (χ2v) is 7.12. The average molecular weight is 409 g/mol. The number of carbonyl (C=O) groups excluding carboxylic acids is 1. The van der Waals surface area contributed by atoms with Crippen molar-refractivity contribution in [1.29, 1.82) is 0 Å². The molecule has 5 rings (SSSR count). The Bertz CT molecular complexity index is 1340. The highest BCUT2D eigenvalue weighted by molar-refractivity contribution is 5.90. The van der Waals surface area contributed by atoms with E-state index in [1.807, 2.05) is 54.7 Å². The first kappa shape index (κ1) is 18.7. The van der Waals surface area contributed by atoms with Gasteiger partial charge in [0.25, 0.3) is 0 Å². The van der Waals surface area contributed by atoms with E-state index in [-0.39, 0.29) is 12.5 Å².